The van der Waals surface area contributed by atoms with Gasteiger partial charge in [-0.3, -0.25) is 4.79 Å². The molecule has 84 valence electrons. The van der Waals surface area contributed by atoms with E-state index < -0.39 is 0 Å². The molecule has 0 saturated carbocycles. The normalized spacial score (nSPS) is 24.5. The zero-order valence-electron chi connectivity index (χ0n) is 9.34. The summed E-state index contributed by atoms with van der Waals surface area (Å²) in [6.45, 7) is 4.69. The van der Waals surface area contributed by atoms with Crippen molar-refractivity contribution in [2.75, 3.05) is 19.7 Å². The van der Waals surface area contributed by atoms with Crippen molar-refractivity contribution in [3.8, 4) is 0 Å². The summed E-state index contributed by atoms with van der Waals surface area (Å²) in [6.07, 6.45) is 5.65. The van der Waals surface area contributed by atoms with Gasteiger partial charge < -0.3 is 10.1 Å². The Morgan fingerprint density at radius 1 is 1.53 bits per heavy atom. The lowest BCUT2D eigenvalue weighted by atomic mass is 9.72. The minimum atomic E-state index is -0.151. The van der Waals surface area contributed by atoms with Crippen molar-refractivity contribution in [2.45, 2.75) is 32.6 Å². The van der Waals surface area contributed by atoms with Gasteiger partial charge >= 0.3 is 0 Å². The Morgan fingerprint density at radius 3 is 2.80 bits per heavy atom. The van der Waals surface area contributed by atoms with Gasteiger partial charge in [0.05, 0.1) is 6.61 Å². The highest BCUT2D eigenvalue weighted by atomic mass is 16.5. The summed E-state index contributed by atoms with van der Waals surface area (Å²) < 4.78 is 5.39. The fourth-order valence-electron chi connectivity index (χ4n) is 2.48. The maximum Gasteiger partial charge on any atom is 0.203 e. The quantitative estimate of drug-likeness (QED) is 0.768. The molecule has 0 amide bonds. The van der Waals surface area contributed by atoms with Crippen LogP contribution in [0.15, 0.2) is 11.8 Å². The van der Waals surface area contributed by atoms with Crippen molar-refractivity contribution in [2.24, 2.45) is 5.41 Å². The molecule has 3 nitrogen and oxygen atoms in total. The Kier molecular flexibility index (Phi) is 3.10. The number of Topliss-reactive ketones (excluding diaryl/α,β-unsaturated/α-hetero) is 1. The molecule has 0 aliphatic carbocycles. The van der Waals surface area contributed by atoms with Crippen molar-refractivity contribution in [1.82, 2.24) is 5.32 Å². The van der Waals surface area contributed by atoms with Crippen LogP contribution in [0.25, 0.3) is 0 Å². The van der Waals surface area contributed by atoms with Gasteiger partial charge in [0.25, 0.3) is 0 Å². The maximum atomic E-state index is 12.3. The van der Waals surface area contributed by atoms with Crippen LogP contribution in [0.2, 0.25) is 0 Å². The number of nitrogens with one attached hydrogen (secondary N) is 1. The minimum Gasteiger partial charge on any atom is -0.490 e. The van der Waals surface area contributed by atoms with E-state index in [2.05, 4.69) is 12.2 Å². The summed E-state index contributed by atoms with van der Waals surface area (Å²) >= 11 is 0. The molecule has 2 heterocycles. The number of ether oxygens (including phenoxy) is 1. The largest absolute Gasteiger partial charge is 0.490 e. The van der Waals surface area contributed by atoms with Gasteiger partial charge in [0.2, 0.25) is 5.78 Å². The van der Waals surface area contributed by atoms with E-state index in [1.165, 1.54) is 0 Å². The molecule has 0 aromatic rings. The molecule has 0 atom stereocenters. The number of rotatable bonds is 3. The van der Waals surface area contributed by atoms with Crippen LogP contribution in [0.4, 0.5) is 0 Å². The van der Waals surface area contributed by atoms with Gasteiger partial charge in [0.15, 0.2) is 5.76 Å². The van der Waals surface area contributed by atoms with Crippen molar-refractivity contribution < 1.29 is 9.53 Å². The van der Waals surface area contributed by atoms with E-state index >= 15 is 0 Å². The van der Waals surface area contributed by atoms with E-state index in [9.17, 15) is 4.79 Å². The predicted molar refractivity (Wildman–Crippen MR) is 58.5 cm³/mol. The average Bonchev–Trinajstić information content (AvgIpc) is 2.82. The Balaban J connectivity index is 2.13. The first-order valence-electron chi connectivity index (χ1n) is 5.87. The molecule has 3 heteroatoms. The molecule has 0 radical (unpaired) electrons. The highest BCUT2D eigenvalue weighted by Crippen LogP contribution is 2.36. The van der Waals surface area contributed by atoms with Crippen LogP contribution in [0, 0.1) is 5.41 Å². The minimum absolute atomic E-state index is 0.151. The monoisotopic (exact) mass is 209 g/mol. The van der Waals surface area contributed by atoms with Crippen molar-refractivity contribution >= 4 is 5.78 Å². The number of carbonyl (C=O) groups is 1. The maximum absolute atomic E-state index is 12.3. The number of carbonyl (C=O) groups excluding carboxylic acids is 1. The molecule has 1 saturated heterocycles. The molecule has 2 aliphatic heterocycles. The summed E-state index contributed by atoms with van der Waals surface area (Å²) in [4.78, 5) is 12.3. The molecule has 1 N–H and O–H groups in total. The first-order chi connectivity index (χ1) is 7.28. The summed E-state index contributed by atoms with van der Waals surface area (Å²) in [5.41, 5.74) is -0.151. The molecule has 2 aliphatic rings. The van der Waals surface area contributed by atoms with Gasteiger partial charge in [-0.25, -0.2) is 0 Å². The molecule has 0 aromatic carbocycles. The summed E-state index contributed by atoms with van der Waals surface area (Å²) in [7, 11) is 0. The van der Waals surface area contributed by atoms with E-state index in [1.54, 1.807) is 0 Å². The second-order valence-corrected chi connectivity index (χ2v) is 4.42. The summed E-state index contributed by atoms with van der Waals surface area (Å²) in [5, 5.41) is 3.31. The highest BCUT2D eigenvalue weighted by molar-refractivity contribution is 5.98. The van der Waals surface area contributed by atoms with E-state index in [-0.39, 0.29) is 11.2 Å². The van der Waals surface area contributed by atoms with Crippen LogP contribution < -0.4 is 5.32 Å². The molecule has 15 heavy (non-hydrogen) atoms. The van der Waals surface area contributed by atoms with Crippen LogP contribution in [-0.4, -0.2) is 25.5 Å². The fourth-order valence-corrected chi connectivity index (χ4v) is 2.48. The summed E-state index contributed by atoms with van der Waals surface area (Å²) in [5.74, 6) is 0.864. The van der Waals surface area contributed by atoms with Gasteiger partial charge in [0, 0.05) is 11.8 Å². The number of hydrogen-bond donors (Lipinski definition) is 1. The lowest BCUT2D eigenvalue weighted by Gasteiger charge is -2.35. The zero-order valence-corrected chi connectivity index (χ0v) is 9.34. The van der Waals surface area contributed by atoms with Gasteiger partial charge in [-0.15, -0.1) is 0 Å². The lowest BCUT2D eigenvalue weighted by Crippen LogP contribution is -2.42. The van der Waals surface area contributed by atoms with Crippen molar-refractivity contribution in [3.05, 3.63) is 11.8 Å². The van der Waals surface area contributed by atoms with E-state index in [0.717, 1.165) is 38.8 Å². The molecular formula is C12H19NO2. The third kappa shape index (κ3) is 1.93. The molecule has 2 rings (SSSR count). The second kappa shape index (κ2) is 4.35. The fraction of sp³-hybridized carbons (Fsp3) is 0.750. The van der Waals surface area contributed by atoms with Crippen molar-refractivity contribution in [1.29, 1.82) is 0 Å². The molecule has 1 fully saturated rings. The molecule has 0 unspecified atom stereocenters. The van der Waals surface area contributed by atoms with Crippen LogP contribution >= 0.6 is 0 Å². The SMILES string of the molecule is CCC1(C(=O)C2=CCCO2)CCNCC1. The second-order valence-electron chi connectivity index (χ2n) is 4.42. The van der Waals surface area contributed by atoms with Crippen LogP contribution in [0.3, 0.4) is 0 Å². The average molecular weight is 209 g/mol. The summed E-state index contributed by atoms with van der Waals surface area (Å²) in [6, 6.07) is 0. The van der Waals surface area contributed by atoms with E-state index in [0.29, 0.717) is 12.4 Å². The predicted octanol–water partition coefficient (Wildman–Crippen LogP) is 1.64. The molecule has 0 bridgehead atoms. The first kappa shape index (κ1) is 10.7. The number of allylic oxidation sites excluding steroid dienone is 1. The lowest BCUT2D eigenvalue weighted by molar-refractivity contribution is -0.129. The Hall–Kier alpha value is -0.830. The Labute approximate surface area is 90.9 Å². The van der Waals surface area contributed by atoms with Gasteiger partial charge in [0.1, 0.15) is 0 Å². The van der Waals surface area contributed by atoms with Crippen LogP contribution in [0.1, 0.15) is 32.6 Å². The third-order valence-corrected chi connectivity index (χ3v) is 3.65. The topological polar surface area (TPSA) is 38.3 Å². The van der Waals surface area contributed by atoms with Crippen LogP contribution in [0.5, 0.6) is 0 Å². The number of hydrogen-bond acceptors (Lipinski definition) is 3. The molecule has 0 spiro atoms. The van der Waals surface area contributed by atoms with Crippen LogP contribution in [-0.2, 0) is 9.53 Å². The Bertz CT molecular complexity index is 277. The van der Waals surface area contributed by atoms with Gasteiger partial charge in [-0.05, 0) is 38.4 Å². The molecule has 0 aromatic heterocycles. The Morgan fingerprint density at radius 2 is 2.27 bits per heavy atom. The van der Waals surface area contributed by atoms with Gasteiger partial charge in [-0.2, -0.15) is 0 Å². The number of ketones is 1. The molecular weight excluding hydrogens is 190 g/mol. The highest BCUT2D eigenvalue weighted by Gasteiger charge is 2.40. The smallest absolute Gasteiger partial charge is 0.203 e. The third-order valence-electron chi connectivity index (χ3n) is 3.65. The zero-order chi connectivity index (χ0) is 10.7. The first-order valence-corrected chi connectivity index (χ1v) is 5.87. The van der Waals surface area contributed by atoms with Gasteiger partial charge in [-0.1, -0.05) is 6.92 Å². The van der Waals surface area contributed by atoms with E-state index in [1.807, 2.05) is 6.08 Å². The van der Waals surface area contributed by atoms with E-state index in [4.69, 9.17) is 4.74 Å². The van der Waals surface area contributed by atoms with Crippen molar-refractivity contribution in [3.63, 3.8) is 0 Å². The number of piperidine rings is 1. The standard InChI is InChI=1S/C12H19NO2/c1-2-12(5-7-13-8-6-12)11(14)10-4-3-9-15-10/h4,13H,2-3,5-9H2,1H3.